The first-order valence-corrected chi connectivity index (χ1v) is 7.30. The molecule has 1 N–H and O–H groups in total. The third-order valence-corrected chi connectivity index (χ3v) is 3.59. The predicted molar refractivity (Wildman–Crippen MR) is 89.5 cm³/mol. The molecular formula is C15H17Cl2N3O. The summed E-state index contributed by atoms with van der Waals surface area (Å²) in [6.07, 6.45) is 0. The number of anilines is 3. The lowest BCUT2D eigenvalue weighted by molar-refractivity contribution is 0.415. The summed E-state index contributed by atoms with van der Waals surface area (Å²) >= 11 is 12.4. The highest BCUT2D eigenvalue weighted by Crippen LogP contribution is 2.37. The van der Waals surface area contributed by atoms with Crippen molar-refractivity contribution in [2.75, 3.05) is 30.9 Å². The number of ether oxygens (including phenoxy) is 1. The topological polar surface area (TPSA) is 37.4 Å². The summed E-state index contributed by atoms with van der Waals surface area (Å²) in [6, 6.07) is 9.37. The first-order valence-electron chi connectivity index (χ1n) is 6.55. The largest absolute Gasteiger partial charge is 0.495 e. The van der Waals surface area contributed by atoms with Gasteiger partial charge >= 0.3 is 0 Å². The lowest BCUT2D eigenvalue weighted by Crippen LogP contribution is -2.14. The number of nitrogens with one attached hydrogen (secondary N) is 1. The number of rotatable bonds is 5. The van der Waals surface area contributed by atoms with E-state index in [4.69, 9.17) is 27.9 Å². The number of hydrogen-bond donors (Lipinski definition) is 1. The van der Waals surface area contributed by atoms with Crippen LogP contribution in [-0.2, 0) is 0 Å². The van der Waals surface area contributed by atoms with Gasteiger partial charge in [-0.2, -0.15) is 0 Å². The Kier molecular flexibility index (Phi) is 5.15. The monoisotopic (exact) mass is 325 g/mol. The van der Waals surface area contributed by atoms with Crippen molar-refractivity contribution in [3.8, 4) is 5.75 Å². The smallest absolute Gasteiger partial charge is 0.154 e. The second-order valence-electron chi connectivity index (χ2n) is 4.39. The maximum absolute atomic E-state index is 6.28. The van der Waals surface area contributed by atoms with Crippen molar-refractivity contribution in [3.63, 3.8) is 0 Å². The average molecular weight is 326 g/mol. The third kappa shape index (κ3) is 3.34. The zero-order valence-electron chi connectivity index (χ0n) is 12.2. The molecule has 4 nitrogen and oxygen atoms in total. The number of nitrogens with zero attached hydrogens (tertiary/aromatic N) is 2. The summed E-state index contributed by atoms with van der Waals surface area (Å²) in [5.41, 5.74) is 0.874. The molecule has 0 aliphatic rings. The zero-order valence-corrected chi connectivity index (χ0v) is 13.7. The molecule has 0 saturated heterocycles. The van der Waals surface area contributed by atoms with E-state index in [0.717, 1.165) is 18.0 Å². The van der Waals surface area contributed by atoms with Gasteiger partial charge in [-0.3, -0.25) is 0 Å². The van der Waals surface area contributed by atoms with Crippen LogP contribution in [0.3, 0.4) is 0 Å². The summed E-state index contributed by atoms with van der Waals surface area (Å²) in [7, 11) is 3.52. The molecule has 1 aromatic heterocycles. The molecule has 0 aliphatic heterocycles. The Morgan fingerprint density at radius 3 is 2.62 bits per heavy atom. The molecule has 0 aliphatic carbocycles. The molecule has 0 atom stereocenters. The van der Waals surface area contributed by atoms with E-state index in [-0.39, 0.29) is 0 Å². The highest BCUT2D eigenvalue weighted by Gasteiger charge is 2.16. The van der Waals surface area contributed by atoms with Crippen molar-refractivity contribution in [2.45, 2.75) is 6.92 Å². The Bertz CT molecular complexity index is 634. The van der Waals surface area contributed by atoms with E-state index in [1.165, 1.54) is 0 Å². The van der Waals surface area contributed by atoms with Gasteiger partial charge in [0.1, 0.15) is 11.6 Å². The van der Waals surface area contributed by atoms with Crippen LogP contribution >= 0.6 is 23.2 Å². The fraction of sp³-hybridized carbons (Fsp3) is 0.267. The van der Waals surface area contributed by atoms with Crippen molar-refractivity contribution in [1.29, 1.82) is 0 Å². The van der Waals surface area contributed by atoms with Gasteiger partial charge in [0.05, 0.1) is 22.8 Å². The highest BCUT2D eigenvalue weighted by molar-refractivity contribution is 6.37. The number of halogens is 2. The van der Waals surface area contributed by atoms with Crippen molar-refractivity contribution in [2.24, 2.45) is 0 Å². The fourth-order valence-electron chi connectivity index (χ4n) is 2.00. The van der Waals surface area contributed by atoms with Gasteiger partial charge in [-0.1, -0.05) is 35.3 Å². The molecule has 6 heteroatoms. The fourth-order valence-corrected chi connectivity index (χ4v) is 2.56. The van der Waals surface area contributed by atoms with Gasteiger partial charge in [-0.25, -0.2) is 4.98 Å². The molecule has 21 heavy (non-hydrogen) atoms. The van der Waals surface area contributed by atoms with Crippen molar-refractivity contribution < 1.29 is 4.74 Å². The Morgan fingerprint density at radius 1 is 1.24 bits per heavy atom. The van der Waals surface area contributed by atoms with Crippen LogP contribution in [0.1, 0.15) is 6.92 Å². The Labute approximate surface area is 134 Å². The minimum atomic E-state index is 0.482. The molecule has 2 aromatic rings. The van der Waals surface area contributed by atoms with E-state index >= 15 is 0 Å². The lowest BCUT2D eigenvalue weighted by Gasteiger charge is -2.22. The normalized spacial score (nSPS) is 10.3. The molecule has 0 fully saturated rings. The maximum Gasteiger partial charge on any atom is 0.154 e. The number of benzene rings is 1. The Hall–Kier alpha value is -1.65. The number of para-hydroxylation sites is 2. The van der Waals surface area contributed by atoms with Crippen LogP contribution in [0.5, 0.6) is 5.75 Å². The highest BCUT2D eigenvalue weighted by atomic mass is 35.5. The van der Waals surface area contributed by atoms with E-state index < -0.39 is 0 Å². The van der Waals surface area contributed by atoms with E-state index in [0.29, 0.717) is 21.7 Å². The lowest BCUT2D eigenvalue weighted by atomic mass is 10.2. The van der Waals surface area contributed by atoms with E-state index in [1.54, 1.807) is 13.2 Å². The minimum absolute atomic E-state index is 0.482. The van der Waals surface area contributed by atoms with Gasteiger partial charge in [0.15, 0.2) is 5.82 Å². The van der Waals surface area contributed by atoms with Gasteiger partial charge in [-0.15, -0.1) is 0 Å². The molecule has 1 aromatic carbocycles. The summed E-state index contributed by atoms with van der Waals surface area (Å²) in [5.74, 6) is 1.97. The predicted octanol–water partition coefficient (Wildman–Crippen LogP) is 4.60. The van der Waals surface area contributed by atoms with Crippen LogP contribution in [-0.4, -0.2) is 25.7 Å². The van der Waals surface area contributed by atoms with Crippen LogP contribution in [0.2, 0.25) is 10.0 Å². The first kappa shape index (κ1) is 15.7. The van der Waals surface area contributed by atoms with Gasteiger partial charge in [0, 0.05) is 13.6 Å². The number of aromatic nitrogens is 1. The van der Waals surface area contributed by atoms with Crippen LogP contribution in [0, 0.1) is 0 Å². The molecule has 0 amide bonds. The molecule has 112 valence electrons. The van der Waals surface area contributed by atoms with Crippen LogP contribution < -0.4 is 15.0 Å². The van der Waals surface area contributed by atoms with E-state index in [2.05, 4.69) is 10.3 Å². The summed E-state index contributed by atoms with van der Waals surface area (Å²) in [5, 5.41) is 4.10. The second-order valence-corrected chi connectivity index (χ2v) is 5.20. The van der Waals surface area contributed by atoms with Crippen LogP contribution in [0.15, 0.2) is 30.3 Å². The van der Waals surface area contributed by atoms with Crippen molar-refractivity contribution in [1.82, 2.24) is 4.98 Å². The molecule has 2 rings (SSSR count). The van der Waals surface area contributed by atoms with Crippen LogP contribution in [0.4, 0.5) is 17.3 Å². The van der Waals surface area contributed by atoms with Gasteiger partial charge in [0.25, 0.3) is 0 Å². The third-order valence-electron chi connectivity index (χ3n) is 3.02. The molecular weight excluding hydrogens is 309 g/mol. The van der Waals surface area contributed by atoms with Gasteiger partial charge in [-0.05, 0) is 25.1 Å². The molecule has 0 unspecified atom stereocenters. The second kappa shape index (κ2) is 6.87. The standard InChI is InChI=1S/C15H17Cl2N3O/c1-4-18-14-10(16)9-11(17)15(19-14)20(2)12-7-5-6-8-13(12)21-3/h5-9H,4H2,1-3H3,(H,18,19). The van der Waals surface area contributed by atoms with Crippen molar-refractivity contribution in [3.05, 3.63) is 40.4 Å². The average Bonchev–Trinajstić information content (AvgIpc) is 2.49. The quantitative estimate of drug-likeness (QED) is 0.871. The zero-order chi connectivity index (χ0) is 15.4. The Morgan fingerprint density at radius 2 is 1.95 bits per heavy atom. The van der Waals surface area contributed by atoms with Gasteiger partial charge < -0.3 is 15.0 Å². The first-order chi connectivity index (χ1) is 10.1. The number of methoxy groups -OCH3 is 1. The Balaban J connectivity index is 2.47. The number of pyridine rings is 1. The summed E-state index contributed by atoms with van der Waals surface area (Å²) in [4.78, 5) is 6.38. The minimum Gasteiger partial charge on any atom is -0.495 e. The molecule has 1 heterocycles. The maximum atomic E-state index is 6.28. The summed E-state index contributed by atoms with van der Waals surface area (Å²) < 4.78 is 5.38. The van der Waals surface area contributed by atoms with E-state index in [1.807, 2.05) is 43.1 Å². The molecule has 0 spiro atoms. The van der Waals surface area contributed by atoms with Crippen LogP contribution in [0.25, 0.3) is 0 Å². The SMILES string of the molecule is CCNc1nc(N(C)c2ccccc2OC)c(Cl)cc1Cl. The molecule has 0 radical (unpaired) electrons. The molecule has 0 bridgehead atoms. The number of hydrogen-bond acceptors (Lipinski definition) is 4. The molecule has 0 saturated carbocycles. The van der Waals surface area contributed by atoms with Gasteiger partial charge in [0.2, 0.25) is 0 Å². The van der Waals surface area contributed by atoms with E-state index in [9.17, 15) is 0 Å². The summed E-state index contributed by atoms with van der Waals surface area (Å²) in [6.45, 7) is 2.71. The van der Waals surface area contributed by atoms with Crippen molar-refractivity contribution >= 4 is 40.5 Å².